The number of aromatic nitrogens is 1. The van der Waals surface area contributed by atoms with Gasteiger partial charge in [-0.05, 0) is 45.2 Å². The molecule has 1 unspecified atom stereocenters. The van der Waals surface area contributed by atoms with Gasteiger partial charge in [-0.3, -0.25) is 4.98 Å². The minimum Gasteiger partial charge on any atom is -0.493 e. The molecule has 110 valence electrons. The van der Waals surface area contributed by atoms with E-state index in [0.29, 0.717) is 5.41 Å². The normalized spacial score (nSPS) is 26.8. The van der Waals surface area contributed by atoms with Crippen molar-refractivity contribution in [2.45, 2.75) is 32.6 Å². The lowest BCUT2D eigenvalue weighted by molar-refractivity contribution is 0.173. The average molecular weight is 275 g/mol. The Kier molecular flexibility index (Phi) is 3.83. The summed E-state index contributed by atoms with van der Waals surface area (Å²) < 4.78 is 5.51. The van der Waals surface area contributed by atoms with E-state index in [9.17, 15) is 0 Å². The lowest BCUT2D eigenvalue weighted by Crippen LogP contribution is -2.51. The van der Waals surface area contributed by atoms with E-state index in [2.05, 4.69) is 21.3 Å². The van der Waals surface area contributed by atoms with Gasteiger partial charge < -0.3 is 15.0 Å². The van der Waals surface area contributed by atoms with Crippen molar-refractivity contribution < 1.29 is 4.74 Å². The summed E-state index contributed by atoms with van der Waals surface area (Å²) in [5.74, 6) is 0.899. The number of aryl methyl sites for hydroxylation is 1. The second kappa shape index (κ2) is 5.60. The molecule has 20 heavy (non-hydrogen) atoms. The van der Waals surface area contributed by atoms with Crippen LogP contribution in [-0.4, -0.2) is 38.3 Å². The van der Waals surface area contributed by atoms with Gasteiger partial charge in [0.2, 0.25) is 0 Å². The molecule has 4 heteroatoms. The van der Waals surface area contributed by atoms with Crippen molar-refractivity contribution in [2.24, 2.45) is 5.41 Å². The zero-order chi connectivity index (χ0) is 14.0. The van der Waals surface area contributed by atoms with Crippen molar-refractivity contribution >= 4 is 5.69 Å². The molecule has 1 aromatic heterocycles. The van der Waals surface area contributed by atoms with Crippen molar-refractivity contribution in [1.29, 1.82) is 0 Å². The summed E-state index contributed by atoms with van der Waals surface area (Å²) in [5, 5.41) is 3.59. The standard InChI is InChI=1S/C16H25N3O/c1-13-9-14(15(20-2)10-18-13)19-8-4-6-16(12-19)5-3-7-17-11-16/h9-10,17H,3-8,11-12H2,1-2H3. The van der Waals surface area contributed by atoms with Crippen molar-refractivity contribution in [1.82, 2.24) is 10.3 Å². The first-order chi connectivity index (χ1) is 9.72. The maximum Gasteiger partial charge on any atom is 0.160 e. The van der Waals surface area contributed by atoms with Gasteiger partial charge >= 0.3 is 0 Å². The molecule has 2 saturated heterocycles. The molecule has 0 radical (unpaired) electrons. The highest BCUT2D eigenvalue weighted by Gasteiger charge is 2.37. The van der Waals surface area contributed by atoms with Crippen LogP contribution in [-0.2, 0) is 0 Å². The van der Waals surface area contributed by atoms with Crippen molar-refractivity contribution in [3.8, 4) is 5.75 Å². The first-order valence-electron chi connectivity index (χ1n) is 7.69. The number of rotatable bonds is 2. The van der Waals surface area contributed by atoms with E-state index in [1.54, 1.807) is 7.11 Å². The molecule has 1 atom stereocenters. The molecule has 2 fully saturated rings. The fourth-order valence-electron chi connectivity index (χ4n) is 3.73. The second-order valence-electron chi connectivity index (χ2n) is 6.30. The van der Waals surface area contributed by atoms with Crippen molar-refractivity contribution in [2.75, 3.05) is 38.2 Å². The van der Waals surface area contributed by atoms with E-state index in [4.69, 9.17) is 4.74 Å². The first-order valence-corrected chi connectivity index (χ1v) is 7.69. The summed E-state index contributed by atoms with van der Waals surface area (Å²) in [6, 6.07) is 2.16. The van der Waals surface area contributed by atoms with Crippen molar-refractivity contribution in [3.63, 3.8) is 0 Å². The fourth-order valence-corrected chi connectivity index (χ4v) is 3.73. The van der Waals surface area contributed by atoms with E-state index in [0.717, 1.165) is 31.1 Å². The SMILES string of the molecule is COc1cnc(C)cc1N1CCCC2(CCCNC2)C1. The van der Waals surface area contributed by atoms with Crippen LogP contribution in [0.25, 0.3) is 0 Å². The number of piperidine rings is 2. The highest BCUT2D eigenvalue weighted by atomic mass is 16.5. The third-order valence-corrected chi connectivity index (χ3v) is 4.77. The predicted molar refractivity (Wildman–Crippen MR) is 81.5 cm³/mol. The summed E-state index contributed by atoms with van der Waals surface area (Å²) in [7, 11) is 1.73. The number of hydrogen-bond donors (Lipinski definition) is 1. The minimum atomic E-state index is 0.457. The fraction of sp³-hybridized carbons (Fsp3) is 0.688. The monoisotopic (exact) mass is 275 g/mol. The van der Waals surface area contributed by atoms with Gasteiger partial charge in [-0.2, -0.15) is 0 Å². The van der Waals surface area contributed by atoms with Gasteiger partial charge in [-0.25, -0.2) is 0 Å². The van der Waals surface area contributed by atoms with Crippen LogP contribution in [0.1, 0.15) is 31.4 Å². The molecule has 0 aromatic carbocycles. The lowest BCUT2D eigenvalue weighted by Gasteiger charge is -2.46. The number of pyridine rings is 1. The van der Waals surface area contributed by atoms with Crippen LogP contribution in [0.15, 0.2) is 12.3 Å². The Morgan fingerprint density at radius 2 is 2.20 bits per heavy atom. The van der Waals surface area contributed by atoms with Crippen LogP contribution in [0.5, 0.6) is 5.75 Å². The minimum absolute atomic E-state index is 0.457. The van der Waals surface area contributed by atoms with Gasteiger partial charge in [0.25, 0.3) is 0 Å². The zero-order valence-corrected chi connectivity index (χ0v) is 12.6. The maximum atomic E-state index is 5.51. The van der Waals surface area contributed by atoms with Crippen LogP contribution in [0.4, 0.5) is 5.69 Å². The summed E-state index contributed by atoms with van der Waals surface area (Å²) in [6.45, 7) is 6.65. The van der Waals surface area contributed by atoms with Crippen LogP contribution >= 0.6 is 0 Å². The Morgan fingerprint density at radius 1 is 1.35 bits per heavy atom. The quantitative estimate of drug-likeness (QED) is 0.899. The topological polar surface area (TPSA) is 37.4 Å². The molecule has 0 bridgehead atoms. The predicted octanol–water partition coefficient (Wildman–Crippen LogP) is 2.37. The van der Waals surface area contributed by atoms with E-state index in [-0.39, 0.29) is 0 Å². The van der Waals surface area contributed by atoms with E-state index in [1.807, 2.05) is 13.1 Å². The first kappa shape index (κ1) is 13.7. The molecule has 1 aromatic rings. The zero-order valence-electron chi connectivity index (χ0n) is 12.6. The third kappa shape index (κ3) is 2.62. The number of nitrogens with one attached hydrogen (secondary N) is 1. The summed E-state index contributed by atoms with van der Waals surface area (Å²) in [5.41, 5.74) is 2.73. The molecular weight excluding hydrogens is 250 g/mol. The largest absolute Gasteiger partial charge is 0.493 e. The molecule has 0 amide bonds. The van der Waals surface area contributed by atoms with Gasteiger partial charge in [0.1, 0.15) is 0 Å². The Morgan fingerprint density at radius 3 is 2.95 bits per heavy atom. The summed E-state index contributed by atoms with van der Waals surface area (Å²) >= 11 is 0. The van der Waals surface area contributed by atoms with Crippen molar-refractivity contribution in [3.05, 3.63) is 18.0 Å². The average Bonchev–Trinajstić information content (AvgIpc) is 2.48. The molecule has 4 nitrogen and oxygen atoms in total. The molecule has 1 N–H and O–H groups in total. The van der Waals surface area contributed by atoms with Crippen LogP contribution < -0.4 is 15.0 Å². The Balaban J connectivity index is 1.84. The van der Waals surface area contributed by atoms with Gasteiger partial charge in [0.05, 0.1) is 19.0 Å². The second-order valence-corrected chi connectivity index (χ2v) is 6.30. The molecular formula is C16H25N3O. The molecule has 3 heterocycles. The lowest BCUT2D eigenvalue weighted by atomic mass is 9.74. The number of nitrogens with zero attached hydrogens (tertiary/aromatic N) is 2. The number of methoxy groups -OCH3 is 1. The van der Waals surface area contributed by atoms with Crippen LogP contribution in [0, 0.1) is 12.3 Å². The maximum absolute atomic E-state index is 5.51. The van der Waals surface area contributed by atoms with Crippen LogP contribution in [0.2, 0.25) is 0 Å². The summed E-state index contributed by atoms with van der Waals surface area (Å²) in [4.78, 5) is 6.85. The van der Waals surface area contributed by atoms with Gasteiger partial charge in [0.15, 0.2) is 5.75 Å². The molecule has 0 aliphatic carbocycles. The molecule has 2 aliphatic rings. The smallest absolute Gasteiger partial charge is 0.160 e. The highest BCUT2D eigenvalue weighted by Crippen LogP contribution is 2.39. The Hall–Kier alpha value is -1.29. The Bertz CT molecular complexity index is 463. The van der Waals surface area contributed by atoms with Gasteiger partial charge in [0, 0.05) is 30.7 Å². The van der Waals surface area contributed by atoms with E-state index < -0.39 is 0 Å². The molecule has 0 saturated carbocycles. The highest BCUT2D eigenvalue weighted by molar-refractivity contribution is 5.58. The van der Waals surface area contributed by atoms with Gasteiger partial charge in [-0.1, -0.05) is 0 Å². The summed E-state index contributed by atoms with van der Waals surface area (Å²) in [6.07, 6.45) is 7.13. The molecule has 2 aliphatic heterocycles. The van der Waals surface area contributed by atoms with Crippen LogP contribution in [0.3, 0.4) is 0 Å². The van der Waals surface area contributed by atoms with E-state index >= 15 is 0 Å². The third-order valence-electron chi connectivity index (χ3n) is 4.77. The number of anilines is 1. The molecule has 3 rings (SSSR count). The van der Waals surface area contributed by atoms with Gasteiger partial charge in [-0.15, -0.1) is 0 Å². The number of hydrogen-bond acceptors (Lipinski definition) is 4. The number of ether oxygens (including phenoxy) is 1. The molecule has 1 spiro atoms. The Labute approximate surface area is 121 Å². The van der Waals surface area contributed by atoms with E-state index in [1.165, 1.54) is 37.9 Å².